The number of hydrogen-bond acceptors (Lipinski definition) is 2. The molecule has 0 aliphatic heterocycles. The smallest absolute Gasteiger partial charge is 0.113 e. The Morgan fingerprint density at radius 3 is 2.24 bits per heavy atom. The summed E-state index contributed by atoms with van der Waals surface area (Å²) in [4.78, 5) is 0. The zero-order valence-corrected chi connectivity index (χ0v) is 12.3. The normalized spacial score (nSPS) is 37.0. The lowest BCUT2D eigenvalue weighted by molar-refractivity contribution is -0.00493. The highest BCUT2D eigenvalue weighted by Gasteiger charge is 2.52. The summed E-state index contributed by atoms with van der Waals surface area (Å²) in [5.41, 5.74) is 4.26. The Hall–Kier alpha value is -1.64. The van der Waals surface area contributed by atoms with Crippen LogP contribution in [-0.2, 0) is 5.41 Å². The molecule has 6 rings (SSSR count). The Kier molecular flexibility index (Phi) is 2.38. The molecule has 0 amide bonds. The van der Waals surface area contributed by atoms with Crippen LogP contribution >= 0.6 is 0 Å². The number of benzene rings is 1. The third kappa shape index (κ3) is 1.73. The number of H-pyrrole nitrogens is 1. The van der Waals surface area contributed by atoms with Crippen LogP contribution < -0.4 is 0 Å². The van der Waals surface area contributed by atoms with Crippen LogP contribution in [-0.4, -0.2) is 15.4 Å². The SMILES string of the molecule is c1ccc(C23CC4CC(CC(C4)C2)C3)c(-c2c[nH]nn2)c1. The maximum absolute atomic E-state index is 4.27. The second-order valence-electron chi connectivity index (χ2n) is 7.60. The van der Waals surface area contributed by atoms with Crippen LogP contribution in [0.3, 0.4) is 0 Å². The van der Waals surface area contributed by atoms with Gasteiger partial charge in [0, 0.05) is 11.8 Å². The van der Waals surface area contributed by atoms with Gasteiger partial charge in [-0.2, -0.15) is 0 Å². The molecule has 4 fully saturated rings. The van der Waals surface area contributed by atoms with Gasteiger partial charge in [0.25, 0.3) is 0 Å². The molecule has 1 aromatic heterocycles. The van der Waals surface area contributed by atoms with E-state index in [9.17, 15) is 0 Å². The van der Waals surface area contributed by atoms with Gasteiger partial charge >= 0.3 is 0 Å². The van der Waals surface area contributed by atoms with Gasteiger partial charge in [-0.25, -0.2) is 0 Å². The molecule has 1 N–H and O–H groups in total. The maximum Gasteiger partial charge on any atom is 0.113 e. The lowest BCUT2D eigenvalue weighted by Crippen LogP contribution is -2.48. The van der Waals surface area contributed by atoms with Crippen LogP contribution in [0, 0.1) is 17.8 Å². The molecular weight excluding hydrogens is 258 g/mol. The third-order valence-corrected chi connectivity index (χ3v) is 6.23. The Morgan fingerprint density at radius 2 is 1.62 bits per heavy atom. The van der Waals surface area contributed by atoms with Gasteiger partial charge in [-0.3, -0.25) is 5.10 Å². The van der Waals surface area contributed by atoms with E-state index in [1.807, 2.05) is 6.20 Å². The van der Waals surface area contributed by atoms with Gasteiger partial charge in [-0.15, -0.1) is 5.10 Å². The first-order valence-electron chi connectivity index (χ1n) is 8.29. The molecule has 1 heterocycles. The third-order valence-electron chi connectivity index (χ3n) is 6.23. The molecule has 0 atom stereocenters. The van der Waals surface area contributed by atoms with E-state index in [0.29, 0.717) is 5.41 Å². The topological polar surface area (TPSA) is 41.6 Å². The zero-order chi connectivity index (χ0) is 13.9. The number of hydrogen-bond donors (Lipinski definition) is 1. The number of nitrogens with zero attached hydrogens (tertiary/aromatic N) is 2. The Bertz CT molecular complexity index is 624. The van der Waals surface area contributed by atoms with Crippen molar-refractivity contribution in [1.82, 2.24) is 15.4 Å². The van der Waals surface area contributed by atoms with Crippen LogP contribution in [0.25, 0.3) is 11.3 Å². The van der Waals surface area contributed by atoms with Gasteiger partial charge < -0.3 is 0 Å². The molecule has 108 valence electrons. The van der Waals surface area contributed by atoms with Crippen molar-refractivity contribution in [2.45, 2.75) is 43.9 Å². The number of rotatable bonds is 2. The zero-order valence-electron chi connectivity index (χ0n) is 12.3. The van der Waals surface area contributed by atoms with Crippen molar-refractivity contribution in [3.8, 4) is 11.3 Å². The molecule has 3 nitrogen and oxygen atoms in total. The standard InChI is InChI=1S/C18H21N3/c1-2-4-16(15(3-1)17-11-19-21-20-17)18-8-12-5-13(9-18)7-14(6-12)10-18/h1-4,11-14H,5-10H2,(H,19,20,21). The Labute approximate surface area is 125 Å². The molecule has 4 aliphatic rings. The van der Waals surface area contributed by atoms with E-state index in [4.69, 9.17) is 0 Å². The number of aromatic nitrogens is 3. The highest BCUT2D eigenvalue weighted by molar-refractivity contribution is 5.64. The van der Waals surface area contributed by atoms with Crippen LogP contribution in [0.5, 0.6) is 0 Å². The summed E-state index contributed by atoms with van der Waals surface area (Å²) < 4.78 is 0. The van der Waals surface area contributed by atoms with Gasteiger partial charge in [-0.1, -0.05) is 29.5 Å². The predicted octanol–water partition coefficient (Wildman–Crippen LogP) is 3.94. The summed E-state index contributed by atoms with van der Waals surface area (Å²) in [6.45, 7) is 0. The summed E-state index contributed by atoms with van der Waals surface area (Å²) in [5, 5.41) is 11.0. The monoisotopic (exact) mass is 279 g/mol. The minimum Gasteiger partial charge on any atom is -0.265 e. The van der Waals surface area contributed by atoms with E-state index in [1.54, 1.807) is 0 Å². The first kappa shape index (κ1) is 12.0. The minimum absolute atomic E-state index is 0.421. The molecule has 0 radical (unpaired) electrons. The lowest BCUT2D eigenvalue weighted by Gasteiger charge is -2.57. The fourth-order valence-electron chi connectivity index (χ4n) is 5.94. The van der Waals surface area contributed by atoms with Gasteiger partial charge in [0.2, 0.25) is 0 Å². The summed E-state index contributed by atoms with van der Waals surface area (Å²) in [5.74, 6) is 2.92. The van der Waals surface area contributed by atoms with E-state index in [2.05, 4.69) is 39.7 Å². The summed E-state index contributed by atoms with van der Waals surface area (Å²) in [7, 11) is 0. The average molecular weight is 279 g/mol. The fraction of sp³-hybridized carbons (Fsp3) is 0.556. The summed E-state index contributed by atoms with van der Waals surface area (Å²) >= 11 is 0. The highest BCUT2D eigenvalue weighted by atomic mass is 15.3. The second-order valence-corrected chi connectivity index (χ2v) is 7.60. The predicted molar refractivity (Wildman–Crippen MR) is 81.7 cm³/mol. The van der Waals surface area contributed by atoms with E-state index in [1.165, 1.54) is 49.7 Å². The lowest BCUT2D eigenvalue weighted by atomic mass is 9.47. The summed E-state index contributed by atoms with van der Waals surface area (Å²) in [6.07, 6.45) is 10.6. The summed E-state index contributed by atoms with van der Waals surface area (Å²) in [6, 6.07) is 8.93. The molecule has 4 aliphatic carbocycles. The molecular formula is C18H21N3. The van der Waals surface area contributed by atoms with Crippen molar-refractivity contribution >= 4 is 0 Å². The first-order valence-corrected chi connectivity index (χ1v) is 8.29. The average Bonchev–Trinajstić information content (AvgIpc) is 3.00. The quantitative estimate of drug-likeness (QED) is 0.904. The van der Waals surface area contributed by atoms with Crippen LogP contribution in [0.15, 0.2) is 30.5 Å². The van der Waals surface area contributed by atoms with Crippen molar-refractivity contribution < 1.29 is 0 Å². The van der Waals surface area contributed by atoms with Gasteiger partial charge in [0.15, 0.2) is 0 Å². The van der Waals surface area contributed by atoms with Crippen molar-refractivity contribution in [1.29, 1.82) is 0 Å². The maximum atomic E-state index is 4.27. The van der Waals surface area contributed by atoms with Crippen molar-refractivity contribution in [2.24, 2.45) is 17.8 Å². The number of aromatic amines is 1. The van der Waals surface area contributed by atoms with Crippen LogP contribution in [0.2, 0.25) is 0 Å². The van der Waals surface area contributed by atoms with Crippen LogP contribution in [0.4, 0.5) is 0 Å². The van der Waals surface area contributed by atoms with E-state index in [-0.39, 0.29) is 0 Å². The fourth-order valence-corrected chi connectivity index (χ4v) is 5.94. The molecule has 0 spiro atoms. The van der Waals surface area contributed by atoms with E-state index >= 15 is 0 Å². The molecule has 2 aromatic rings. The van der Waals surface area contributed by atoms with E-state index in [0.717, 1.165) is 23.4 Å². The molecule has 3 heteroatoms. The van der Waals surface area contributed by atoms with Crippen molar-refractivity contribution in [3.05, 3.63) is 36.0 Å². The molecule has 0 unspecified atom stereocenters. The van der Waals surface area contributed by atoms with Crippen molar-refractivity contribution in [2.75, 3.05) is 0 Å². The molecule has 1 aromatic carbocycles. The van der Waals surface area contributed by atoms with Gasteiger partial charge in [-0.05, 0) is 67.3 Å². The minimum atomic E-state index is 0.421. The Balaban J connectivity index is 1.65. The van der Waals surface area contributed by atoms with Crippen molar-refractivity contribution in [3.63, 3.8) is 0 Å². The van der Waals surface area contributed by atoms with Crippen LogP contribution in [0.1, 0.15) is 44.1 Å². The van der Waals surface area contributed by atoms with Gasteiger partial charge in [0.1, 0.15) is 5.69 Å². The van der Waals surface area contributed by atoms with Gasteiger partial charge in [0.05, 0.1) is 0 Å². The van der Waals surface area contributed by atoms with E-state index < -0.39 is 0 Å². The number of nitrogens with one attached hydrogen (secondary N) is 1. The second kappa shape index (κ2) is 4.19. The Morgan fingerprint density at radius 1 is 0.952 bits per heavy atom. The largest absolute Gasteiger partial charge is 0.265 e. The molecule has 4 bridgehead atoms. The molecule has 4 saturated carbocycles. The first-order chi connectivity index (χ1) is 10.3. The molecule has 0 saturated heterocycles. The highest BCUT2D eigenvalue weighted by Crippen LogP contribution is 2.61. The molecule has 21 heavy (non-hydrogen) atoms.